The first kappa shape index (κ1) is 19.0. The van der Waals surface area contributed by atoms with Crippen LogP contribution in [-0.2, 0) is 0 Å². The van der Waals surface area contributed by atoms with Gasteiger partial charge in [0.05, 0.1) is 22.0 Å². The molecule has 152 valence electrons. The number of pyridine rings is 2. The predicted molar refractivity (Wildman–Crippen MR) is 122 cm³/mol. The third kappa shape index (κ3) is 4.27. The highest BCUT2D eigenvalue weighted by molar-refractivity contribution is 7.22. The molecule has 0 aliphatic heterocycles. The van der Waals surface area contributed by atoms with Gasteiger partial charge in [-0.25, -0.2) is 9.97 Å². The van der Waals surface area contributed by atoms with Gasteiger partial charge in [-0.2, -0.15) is 0 Å². The molecule has 4 aromatic rings. The summed E-state index contributed by atoms with van der Waals surface area (Å²) in [4.78, 5) is 13.8. The molecule has 3 N–H and O–H groups in total. The van der Waals surface area contributed by atoms with Gasteiger partial charge in [-0.05, 0) is 62.1 Å². The minimum absolute atomic E-state index is 0.152. The van der Waals surface area contributed by atoms with Gasteiger partial charge < -0.3 is 15.7 Å². The quantitative estimate of drug-likeness (QED) is 0.413. The Morgan fingerprint density at radius 3 is 2.60 bits per heavy atom. The highest BCUT2D eigenvalue weighted by atomic mass is 32.1. The van der Waals surface area contributed by atoms with Crippen molar-refractivity contribution in [3.05, 3.63) is 60.8 Å². The summed E-state index contributed by atoms with van der Waals surface area (Å²) in [7, 11) is 0. The number of nitrogens with zero attached hydrogens (tertiary/aromatic N) is 3. The minimum Gasteiger partial charge on any atom is -0.393 e. The number of fused-ring (bicyclic) bond motifs is 1. The fourth-order valence-electron chi connectivity index (χ4n) is 3.79. The van der Waals surface area contributed by atoms with Crippen molar-refractivity contribution < 1.29 is 5.11 Å². The van der Waals surface area contributed by atoms with Gasteiger partial charge in [0.25, 0.3) is 0 Å². The van der Waals surface area contributed by atoms with Gasteiger partial charge in [-0.1, -0.05) is 29.5 Å². The van der Waals surface area contributed by atoms with E-state index in [0.29, 0.717) is 6.04 Å². The number of rotatable bonds is 5. The molecule has 30 heavy (non-hydrogen) atoms. The van der Waals surface area contributed by atoms with Crippen LogP contribution in [0.4, 0.5) is 16.8 Å². The number of thiazole rings is 1. The van der Waals surface area contributed by atoms with Crippen LogP contribution in [0, 0.1) is 0 Å². The van der Waals surface area contributed by atoms with Crippen LogP contribution in [0.15, 0.2) is 60.8 Å². The van der Waals surface area contributed by atoms with E-state index in [1.54, 1.807) is 17.5 Å². The smallest absolute Gasteiger partial charge is 0.189 e. The van der Waals surface area contributed by atoms with Crippen LogP contribution in [0.3, 0.4) is 0 Å². The molecular formula is C23H23N5OS. The standard InChI is InChI=1S/C23H23N5OS/c29-17-10-8-16(9-11-17)25-21-5-3-6-22(27-21)28-23-26-19-12-7-15(14-20(19)30-23)18-4-1-2-13-24-18/h1-7,12-14,16-17,29H,8-11H2,(H2,25,26,27,28). The molecule has 5 rings (SSSR count). The normalized spacial score (nSPS) is 19.0. The summed E-state index contributed by atoms with van der Waals surface area (Å²) < 4.78 is 1.11. The molecule has 1 saturated carbocycles. The maximum atomic E-state index is 9.68. The van der Waals surface area contributed by atoms with E-state index in [1.165, 1.54) is 0 Å². The molecule has 0 spiro atoms. The van der Waals surface area contributed by atoms with E-state index >= 15 is 0 Å². The molecule has 1 fully saturated rings. The third-order valence-electron chi connectivity index (χ3n) is 5.38. The number of benzene rings is 1. The number of hydrogen-bond donors (Lipinski definition) is 3. The largest absolute Gasteiger partial charge is 0.393 e. The van der Waals surface area contributed by atoms with Crippen molar-refractivity contribution in [2.75, 3.05) is 10.6 Å². The lowest BCUT2D eigenvalue weighted by Crippen LogP contribution is -2.28. The Morgan fingerprint density at radius 1 is 0.900 bits per heavy atom. The van der Waals surface area contributed by atoms with Crippen LogP contribution >= 0.6 is 11.3 Å². The van der Waals surface area contributed by atoms with Gasteiger partial charge in [0.1, 0.15) is 11.6 Å². The summed E-state index contributed by atoms with van der Waals surface area (Å²) in [6, 6.07) is 18.4. The molecule has 1 aromatic carbocycles. The number of aromatic nitrogens is 3. The molecule has 0 saturated heterocycles. The maximum absolute atomic E-state index is 9.68. The minimum atomic E-state index is -0.152. The Kier molecular flexibility index (Phi) is 5.29. The maximum Gasteiger partial charge on any atom is 0.189 e. The first-order chi connectivity index (χ1) is 14.7. The average Bonchev–Trinajstić information content (AvgIpc) is 3.17. The van der Waals surface area contributed by atoms with Crippen molar-refractivity contribution in [1.82, 2.24) is 15.0 Å². The SMILES string of the molecule is OC1CCC(Nc2cccc(Nc3nc4ccc(-c5ccccn5)cc4s3)n2)CC1. The van der Waals surface area contributed by atoms with E-state index in [4.69, 9.17) is 4.98 Å². The van der Waals surface area contributed by atoms with E-state index in [0.717, 1.165) is 63.9 Å². The Labute approximate surface area is 179 Å². The van der Waals surface area contributed by atoms with Crippen molar-refractivity contribution in [2.24, 2.45) is 0 Å². The molecule has 7 heteroatoms. The third-order valence-corrected chi connectivity index (χ3v) is 6.32. The van der Waals surface area contributed by atoms with E-state index in [1.807, 2.05) is 42.5 Å². The zero-order valence-corrected chi connectivity index (χ0v) is 17.3. The van der Waals surface area contributed by atoms with Crippen molar-refractivity contribution >= 4 is 38.3 Å². The Balaban J connectivity index is 1.32. The molecule has 1 aliphatic carbocycles. The first-order valence-electron chi connectivity index (χ1n) is 10.2. The number of aliphatic hydroxyl groups is 1. The second kappa shape index (κ2) is 8.38. The van der Waals surface area contributed by atoms with Gasteiger partial charge in [0.2, 0.25) is 0 Å². The molecule has 3 heterocycles. The molecular weight excluding hydrogens is 394 g/mol. The molecule has 0 atom stereocenters. The van der Waals surface area contributed by atoms with E-state index in [9.17, 15) is 5.11 Å². The highest BCUT2D eigenvalue weighted by Gasteiger charge is 2.19. The summed E-state index contributed by atoms with van der Waals surface area (Å²) in [6.07, 6.45) is 5.29. The number of nitrogens with one attached hydrogen (secondary N) is 2. The van der Waals surface area contributed by atoms with E-state index in [2.05, 4.69) is 32.7 Å². The van der Waals surface area contributed by atoms with Crippen LogP contribution in [0.5, 0.6) is 0 Å². The summed E-state index contributed by atoms with van der Waals surface area (Å²) >= 11 is 1.60. The van der Waals surface area contributed by atoms with Crippen LogP contribution in [0.25, 0.3) is 21.5 Å². The monoisotopic (exact) mass is 417 g/mol. The van der Waals surface area contributed by atoms with Gasteiger partial charge in [-0.15, -0.1) is 0 Å². The number of hydrogen-bond acceptors (Lipinski definition) is 7. The molecule has 0 unspecified atom stereocenters. The van der Waals surface area contributed by atoms with Crippen LogP contribution in [-0.4, -0.2) is 32.2 Å². The van der Waals surface area contributed by atoms with Crippen molar-refractivity contribution in [3.8, 4) is 11.3 Å². The second-order valence-electron chi connectivity index (χ2n) is 7.60. The van der Waals surface area contributed by atoms with Crippen molar-refractivity contribution in [1.29, 1.82) is 0 Å². The van der Waals surface area contributed by atoms with Gasteiger partial charge in [0.15, 0.2) is 5.13 Å². The fourth-order valence-corrected chi connectivity index (χ4v) is 4.71. The summed E-state index contributed by atoms with van der Waals surface area (Å²) in [5.41, 5.74) is 3.00. The second-order valence-corrected chi connectivity index (χ2v) is 8.63. The molecule has 1 aliphatic rings. The molecule has 0 radical (unpaired) electrons. The number of aliphatic hydroxyl groups excluding tert-OH is 1. The van der Waals surface area contributed by atoms with Crippen molar-refractivity contribution in [2.45, 2.75) is 37.8 Å². The molecule has 3 aromatic heterocycles. The lowest BCUT2D eigenvalue weighted by Gasteiger charge is -2.26. The molecule has 6 nitrogen and oxygen atoms in total. The van der Waals surface area contributed by atoms with E-state index < -0.39 is 0 Å². The molecule has 0 amide bonds. The average molecular weight is 418 g/mol. The van der Waals surface area contributed by atoms with Crippen molar-refractivity contribution in [3.63, 3.8) is 0 Å². The van der Waals surface area contributed by atoms with Crippen LogP contribution in [0.2, 0.25) is 0 Å². The Morgan fingerprint density at radius 2 is 1.77 bits per heavy atom. The Hall–Kier alpha value is -3.03. The fraction of sp³-hybridized carbons (Fsp3) is 0.261. The summed E-state index contributed by atoms with van der Waals surface area (Å²) in [5.74, 6) is 1.61. The molecule has 0 bridgehead atoms. The zero-order chi connectivity index (χ0) is 20.3. The lowest BCUT2D eigenvalue weighted by molar-refractivity contribution is 0.126. The Bertz CT molecular complexity index is 1140. The zero-order valence-electron chi connectivity index (χ0n) is 16.5. The summed E-state index contributed by atoms with van der Waals surface area (Å²) in [6.45, 7) is 0. The number of anilines is 3. The van der Waals surface area contributed by atoms with Crippen LogP contribution < -0.4 is 10.6 Å². The van der Waals surface area contributed by atoms with Gasteiger partial charge >= 0.3 is 0 Å². The van der Waals surface area contributed by atoms with Crippen LogP contribution in [0.1, 0.15) is 25.7 Å². The highest BCUT2D eigenvalue weighted by Crippen LogP contribution is 2.31. The van der Waals surface area contributed by atoms with Gasteiger partial charge in [-0.3, -0.25) is 4.98 Å². The topological polar surface area (TPSA) is 83.0 Å². The predicted octanol–water partition coefficient (Wildman–Crippen LogP) is 5.21. The van der Waals surface area contributed by atoms with E-state index in [-0.39, 0.29) is 6.10 Å². The van der Waals surface area contributed by atoms with Gasteiger partial charge in [0, 0.05) is 17.8 Å². The first-order valence-corrected chi connectivity index (χ1v) is 11.1. The summed E-state index contributed by atoms with van der Waals surface area (Å²) in [5, 5.41) is 17.3. The lowest BCUT2D eigenvalue weighted by atomic mass is 9.93.